The normalized spacial score (nSPS) is 25.1. The highest BCUT2D eigenvalue weighted by Gasteiger charge is 2.53. The number of esters is 1. The van der Waals surface area contributed by atoms with Crippen molar-refractivity contribution < 1.29 is 37.3 Å². The van der Waals surface area contributed by atoms with E-state index in [1.165, 1.54) is 6.07 Å². The van der Waals surface area contributed by atoms with Gasteiger partial charge in [0.2, 0.25) is 0 Å². The SMILES string of the molecule is CC(Oc1ccc(CC2(OC(=O)C(F)(F)F)c3ccc(O)cc3CCN2C2CCOCC2)cc1)C1CCCCN1. The summed E-state index contributed by atoms with van der Waals surface area (Å²) in [6.07, 6.45) is -0.106. The van der Waals surface area contributed by atoms with E-state index in [0.717, 1.165) is 25.8 Å². The van der Waals surface area contributed by atoms with Gasteiger partial charge in [-0.1, -0.05) is 18.6 Å². The molecule has 5 rings (SSSR count). The highest BCUT2D eigenvalue weighted by molar-refractivity contribution is 5.76. The fraction of sp³-hybridized carbons (Fsp3) is 0.567. The Morgan fingerprint density at radius 1 is 1.15 bits per heavy atom. The van der Waals surface area contributed by atoms with Crippen LogP contribution in [0, 0.1) is 0 Å². The Bertz CT molecular complexity index is 1160. The maximum Gasteiger partial charge on any atom is 0.491 e. The molecule has 3 atom stereocenters. The molecule has 0 aliphatic carbocycles. The van der Waals surface area contributed by atoms with E-state index in [4.69, 9.17) is 14.2 Å². The molecule has 0 saturated carbocycles. The van der Waals surface area contributed by atoms with E-state index in [-0.39, 0.29) is 30.4 Å². The van der Waals surface area contributed by atoms with Crippen molar-refractivity contribution in [2.75, 3.05) is 26.3 Å². The summed E-state index contributed by atoms with van der Waals surface area (Å²) >= 11 is 0. The van der Waals surface area contributed by atoms with E-state index in [0.29, 0.717) is 61.5 Å². The highest BCUT2D eigenvalue weighted by atomic mass is 19.4. The van der Waals surface area contributed by atoms with Crippen molar-refractivity contribution >= 4 is 5.97 Å². The molecule has 0 spiro atoms. The summed E-state index contributed by atoms with van der Waals surface area (Å²) in [7, 11) is 0. The monoisotopic (exact) mass is 562 g/mol. The van der Waals surface area contributed by atoms with Crippen LogP contribution in [0.5, 0.6) is 11.5 Å². The Labute approximate surface area is 232 Å². The van der Waals surface area contributed by atoms with Crippen LogP contribution in [0.25, 0.3) is 0 Å². The molecule has 2 fully saturated rings. The van der Waals surface area contributed by atoms with Crippen LogP contribution in [0.1, 0.15) is 55.7 Å². The number of hydrogen-bond donors (Lipinski definition) is 2. The van der Waals surface area contributed by atoms with Gasteiger partial charge in [-0.3, -0.25) is 4.90 Å². The van der Waals surface area contributed by atoms with Crippen molar-refractivity contribution in [1.29, 1.82) is 0 Å². The summed E-state index contributed by atoms with van der Waals surface area (Å²) in [5.41, 5.74) is 0.103. The zero-order chi connectivity index (χ0) is 28.3. The van der Waals surface area contributed by atoms with Crippen LogP contribution in [0.4, 0.5) is 13.2 Å². The number of nitrogens with zero attached hydrogens (tertiary/aromatic N) is 1. The van der Waals surface area contributed by atoms with Crippen LogP contribution in [0.3, 0.4) is 0 Å². The smallest absolute Gasteiger partial charge is 0.491 e. The Hall–Kier alpha value is -2.82. The van der Waals surface area contributed by atoms with Gasteiger partial charge in [0.1, 0.15) is 17.6 Å². The molecule has 218 valence electrons. The number of rotatable bonds is 7. The van der Waals surface area contributed by atoms with Gasteiger partial charge in [-0.2, -0.15) is 13.2 Å². The van der Waals surface area contributed by atoms with Gasteiger partial charge in [-0.15, -0.1) is 0 Å². The average molecular weight is 563 g/mol. The molecule has 0 aromatic heterocycles. The number of piperidine rings is 1. The molecule has 40 heavy (non-hydrogen) atoms. The van der Waals surface area contributed by atoms with Crippen molar-refractivity contribution in [3.05, 3.63) is 59.2 Å². The summed E-state index contributed by atoms with van der Waals surface area (Å²) < 4.78 is 58.3. The second-order valence-corrected chi connectivity index (χ2v) is 11.0. The fourth-order valence-corrected chi connectivity index (χ4v) is 6.32. The van der Waals surface area contributed by atoms with E-state index in [1.54, 1.807) is 12.1 Å². The second-order valence-electron chi connectivity index (χ2n) is 11.0. The zero-order valence-corrected chi connectivity index (χ0v) is 22.7. The minimum atomic E-state index is -5.16. The number of fused-ring (bicyclic) bond motifs is 1. The van der Waals surface area contributed by atoms with Crippen LogP contribution in [0.2, 0.25) is 0 Å². The van der Waals surface area contributed by atoms with Gasteiger partial charge < -0.3 is 24.6 Å². The molecular formula is C30H37F3N2O5. The number of carbonyl (C=O) groups excluding carboxylic acids is 1. The Kier molecular flexibility index (Phi) is 8.58. The first-order valence-corrected chi connectivity index (χ1v) is 14.1. The second kappa shape index (κ2) is 12.0. The van der Waals surface area contributed by atoms with Crippen LogP contribution in [-0.4, -0.2) is 66.6 Å². The first kappa shape index (κ1) is 28.7. The minimum absolute atomic E-state index is 0.00394. The standard InChI is InChI=1S/C30H37F3N2O5/c1-20(27-4-2-3-14-34-27)39-25-8-5-21(6-9-25)19-29(40-28(37)30(31,32)33)26-10-7-24(36)18-22(26)11-15-35(29)23-12-16-38-17-13-23/h5-10,18,20,23,27,34,36H,2-4,11-17,19H2,1H3. The van der Waals surface area contributed by atoms with Gasteiger partial charge in [-0.25, -0.2) is 4.79 Å². The molecule has 0 radical (unpaired) electrons. The summed E-state index contributed by atoms with van der Waals surface area (Å²) in [5.74, 6) is -1.56. The van der Waals surface area contributed by atoms with Gasteiger partial charge in [0.15, 0.2) is 5.72 Å². The maximum absolute atomic E-state index is 13.7. The summed E-state index contributed by atoms with van der Waals surface area (Å²) in [4.78, 5) is 14.4. The van der Waals surface area contributed by atoms with Gasteiger partial charge in [-0.05, 0) is 87.0 Å². The lowest BCUT2D eigenvalue weighted by atomic mass is 9.83. The average Bonchev–Trinajstić information content (AvgIpc) is 2.94. The maximum atomic E-state index is 13.7. The van der Waals surface area contributed by atoms with E-state index < -0.39 is 17.9 Å². The van der Waals surface area contributed by atoms with Crippen molar-refractivity contribution in [1.82, 2.24) is 10.2 Å². The third-order valence-corrected chi connectivity index (χ3v) is 8.32. The number of phenolic OH excluding ortho intramolecular Hbond substituents is 1. The number of halogens is 3. The van der Waals surface area contributed by atoms with Crippen LogP contribution < -0.4 is 10.1 Å². The number of carbonyl (C=O) groups is 1. The largest absolute Gasteiger partial charge is 0.508 e. The third kappa shape index (κ3) is 6.24. The molecule has 0 bridgehead atoms. The topological polar surface area (TPSA) is 80.3 Å². The van der Waals surface area contributed by atoms with E-state index in [2.05, 4.69) is 5.32 Å². The predicted molar refractivity (Wildman–Crippen MR) is 142 cm³/mol. The minimum Gasteiger partial charge on any atom is -0.508 e. The lowest BCUT2D eigenvalue weighted by molar-refractivity contribution is -0.243. The quantitative estimate of drug-likeness (QED) is 0.468. The van der Waals surface area contributed by atoms with Crippen LogP contribution in [-0.2, 0) is 32.8 Å². The van der Waals surface area contributed by atoms with Gasteiger partial charge in [0, 0.05) is 43.8 Å². The fourth-order valence-electron chi connectivity index (χ4n) is 6.32. The first-order chi connectivity index (χ1) is 19.2. The predicted octanol–water partition coefficient (Wildman–Crippen LogP) is 4.84. The van der Waals surface area contributed by atoms with E-state index in [9.17, 15) is 23.1 Å². The highest BCUT2D eigenvalue weighted by Crippen LogP contribution is 2.44. The van der Waals surface area contributed by atoms with Crippen molar-refractivity contribution in [2.24, 2.45) is 0 Å². The van der Waals surface area contributed by atoms with Gasteiger partial charge in [0.25, 0.3) is 0 Å². The summed E-state index contributed by atoms with van der Waals surface area (Å²) in [6.45, 7) is 4.33. The number of benzene rings is 2. The molecule has 7 nitrogen and oxygen atoms in total. The number of hydrogen-bond acceptors (Lipinski definition) is 7. The Morgan fingerprint density at radius 3 is 2.58 bits per heavy atom. The first-order valence-electron chi connectivity index (χ1n) is 14.1. The number of aromatic hydroxyl groups is 1. The molecule has 0 amide bonds. The number of nitrogens with one attached hydrogen (secondary N) is 1. The molecule has 10 heteroatoms. The summed E-state index contributed by atoms with van der Waals surface area (Å²) in [5, 5.41) is 13.6. The molecule has 2 N–H and O–H groups in total. The van der Waals surface area contributed by atoms with Gasteiger partial charge in [0.05, 0.1) is 0 Å². The van der Waals surface area contributed by atoms with E-state index >= 15 is 0 Å². The van der Waals surface area contributed by atoms with Crippen molar-refractivity contribution in [3.8, 4) is 11.5 Å². The number of phenols is 1. The lowest BCUT2D eigenvalue weighted by Crippen LogP contribution is -2.60. The zero-order valence-electron chi connectivity index (χ0n) is 22.7. The molecule has 3 aliphatic heterocycles. The van der Waals surface area contributed by atoms with E-state index in [1.807, 2.05) is 36.1 Å². The van der Waals surface area contributed by atoms with Crippen molar-refractivity contribution in [2.45, 2.75) is 82.0 Å². The van der Waals surface area contributed by atoms with Gasteiger partial charge >= 0.3 is 12.1 Å². The molecular weight excluding hydrogens is 525 g/mol. The molecule has 3 unspecified atom stereocenters. The molecule has 3 aliphatic rings. The number of alkyl halides is 3. The molecule has 2 aromatic carbocycles. The molecule has 2 saturated heterocycles. The molecule has 2 aromatic rings. The number of ether oxygens (including phenoxy) is 3. The van der Waals surface area contributed by atoms with Crippen molar-refractivity contribution in [3.63, 3.8) is 0 Å². The molecule has 3 heterocycles. The summed E-state index contributed by atoms with van der Waals surface area (Å²) in [6, 6.07) is 11.9. The third-order valence-electron chi connectivity index (χ3n) is 8.32. The van der Waals surface area contributed by atoms with Crippen LogP contribution in [0.15, 0.2) is 42.5 Å². The lowest BCUT2D eigenvalue weighted by Gasteiger charge is -2.51. The van der Waals surface area contributed by atoms with Crippen LogP contribution >= 0.6 is 0 Å². The Balaban J connectivity index is 1.49. The Morgan fingerprint density at radius 2 is 1.90 bits per heavy atom.